The molecule has 1 saturated heterocycles. The van der Waals surface area contributed by atoms with Gasteiger partial charge in [0.05, 0.1) is 42.1 Å². The van der Waals surface area contributed by atoms with Crippen molar-refractivity contribution in [2.24, 2.45) is 5.92 Å². The second-order valence-corrected chi connectivity index (χ2v) is 9.61. The summed E-state index contributed by atoms with van der Waals surface area (Å²) in [6.07, 6.45) is 1.66. The Balaban J connectivity index is 0.00000259. The van der Waals surface area contributed by atoms with Gasteiger partial charge in [-0.2, -0.15) is 0 Å². The Hall–Kier alpha value is -1.69. The minimum Gasteiger partial charge on any atom is -0.493 e. The largest absolute Gasteiger partial charge is 1.00 e. The first-order chi connectivity index (χ1) is 15.4. The molecule has 1 unspecified atom stereocenters. The SMILES string of the molecule is Cc1c(OCC2COC(C)(C)OC2)ccnc1CS(=O)c1nc2cc3c(cc2[n-]1)OCO3.[Na+]. The van der Waals surface area contributed by atoms with Crippen LogP contribution in [0, 0.1) is 12.8 Å². The van der Waals surface area contributed by atoms with Gasteiger partial charge in [-0.1, -0.05) is 0 Å². The van der Waals surface area contributed by atoms with E-state index in [0.717, 1.165) is 5.56 Å². The van der Waals surface area contributed by atoms with Crippen molar-refractivity contribution in [3.8, 4) is 17.2 Å². The smallest absolute Gasteiger partial charge is 0.493 e. The van der Waals surface area contributed by atoms with Crippen LogP contribution in [0.15, 0.2) is 29.6 Å². The molecule has 3 aromatic rings. The van der Waals surface area contributed by atoms with E-state index in [1.54, 1.807) is 18.3 Å². The Morgan fingerprint density at radius 2 is 1.94 bits per heavy atom. The number of hydrogen-bond donors (Lipinski definition) is 0. The van der Waals surface area contributed by atoms with E-state index in [1.165, 1.54) is 0 Å². The summed E-state index contributed by atoms with van der Waals surface area (Å²) < 4.78 is 41.1. The quantitative estimate of drug-likeness (QED) is 0.440. The standard InChI is InChI=1S/C22H24N3O6S.Na/c1-13-17(23-5-4-18(13)27-8-14-9-30-22(2,3)31-10-14)11-32(26)21-24-15-6-19-20(29-12-28-19)7-16(15)25-21;/h4-7,14H,8-12H2,1-3H3;/q-1;+1. The van der Waals surface area contributed by atoms with E-state index in [-0.39, 0.29) is 53.2 Å². The molecule has 2 aliphatic heterocycles. The van der Waals surface area contributed by atoms with E-state index in [1.807, 2.05) is 26.8 Å². The van der Waals surface area contributed by atoms with Gasteiger partial charge in [0, 0.05) is 22.8 Å². The number of hydrogen-bond acceptors (Lipinski definition) is 8. The summed E-state index contributed by atoms with van der Waals surface area (Å²) in [5.74, 6) is 1.73. The third kappa shape index (κ3) is 5.36. The van der Waals surface area contributed by atoms with Crippen LogP contribution in [0.25, 0.3) is 11.0 Å². The average Bonchev–Trinajstić information content (AvgIpc) is 3.39. The Bertz CT molecular complexity index is 1130. The number of benzene rings is 1. The van der Waals surface area contributed by atoms with Crippen molar-refractivity contribution in [1.82, 2.24) is 15.0 Å². The first kappa shape index (κ1) is 24.4. The van der Waals surface area contributed by atoms with Crippen molar-refractivity contribution in [2.45, 2.75) is 37.5 Å². The monoisotopic (exact) mass is 481 g/mol. The van der Waals surface area contributed by atoms with Crippen molar-refractivity contribution >= 4 is 21.8 Å². The van der Waals surface area contributed by atoms with E-state index in [9.17, 15) is 4.21 Å². The summed E-state index contributed by atoms with van der Waals surface area (Å²) in [7, 11) is -1.46. The van der Waals surface area contributed by atoms with Crippen LogP contribution in [0.3, 0.4) is 0 Å². The van der Waals surface area contributed by atoms with Gasteiger partial charge in [-0.05, 0) is 50.0 Å². The molecule has 0 spiro atoms. The molecule has 0 aliphatic carbocycles. The molecule has 0 N–H and O–H groups in total. The number of ether oxygens (including phenoxy) is 5. The predicted octanol–water partition coefficient (Wildman–Crippen LogP) is -0.286. The Labute approximate surface area is 216 Å². The zero-order chi connectivity index (χ0) is 22.3. The fourth-order valence-corrected chi connectivity index (χ4v) is 4.58. The third-order valence-electron chi connectivity index (χ3n) is 5.44. The van der Waals surface area contributed by atoms with Crippen LogP contribution in [0.4, 0.5) is 0 Å². The fraction of sp³-hybridized carbons (Fsp3) is 0.455. The van der Waals surface area contributed by atoms with E-state index in [2.05, 4.69) is 15.0 Å². The molecule has 1 aromatic carbocycles. The van der Waals surface area contributed by atoms with Crippen LogP contribution in [-0.2, 0) is 26.0 Å². The molecular formula is C22H24N3NaO6S. The molecule has 2 aliphatic rings. The van der Waals surface area contributed by atoms with Gasteiger partial charge < -0.3 is 33.7 Å². The van der Waals surface area contributed by atoms with E-state index < -0.39 is 16.6 Å². The van der Waals surface area contributed by atoms with Crippen LogP contribution in [0.1, 0.15) is 25.1 Å². The maximum absolute atomic E-state index is 13.0. The van der Waals surface area contributed by atoms with Gasteiger partial charge >= 0.3 is 29.6 Å². The number of pyridine rings is 1. The fourth-order valence-electron chi connectivity index (χ4n) is 3.51. The summed E-state index contributed by atoms with van der Waals surface area (Å²) in [5.41, 5.74) is 2.77. The summed E-state index contributed by atoms with van der Waals surface area (Å²) in [6.45, 7) is 7.52. The molecule has 0 bridgehead atoms. The second kappa shape index (κ2) is 9.89. The van der Waals surface area contributed by atoms with Gasteiger partial charge in [-0.15, -0.1) is 0 Å². The van der Waals surface area contributed by atoms with Gasteiger partial charge in [-0.25, -0.2) is 0 Å². The first-order valence-electron chi connectivity index (χ1n) is 10.4. The molecule has 1 fully saturated rings. The maximum Gasteiger partial charge on any atom is 1.00 e. The Morgan fingerprint density at radius 3 is 2.70 bits per heavy atom. The van der Waals surface area contributed by atoms with Crippen molar-refractivity contribution in [3.63, 3.8) is 0 Å². The van der Waals surface area contributed by atoms with Crippen molar-refractivity contribution < 1.29 is 57.5 Å². The minimum absolute atomic E-state index is 0. The molecule has 0 radical (unpaired) electrons. The van der Waals surface area contributed by atoms with Gasteiger partial charge in [0.25, 0.3) is 0 Å². The summed E-state index contributed by atoms with van der Waals surface area (Å²) in [6, 6.07) is 5.32. The molecule has 5 rings (SSSR count). The van der Waals surface area contributed by atoms with Crippen molar-refractivity contribution in [3.05, 3.63) is 35.7 Å². The van der Waals surface area contributed by atoms with Crippen LogP contribution in [0.2, 0.25) is 0 Å². The third-order valence-corrected chi connectivity index (χ3v) is 6.57. The molecule has 0 amide bonds. The van der Waals surface area contributed by atoms with Crippen LogP contribution < -0.4 is 48.8 Å². The molecule has 2 aromatic heterocycles. The van der Waals surface area contributed by atoms with E-state index >= 15 is 0 Å². The summed E-state index contributed by atoms with van der Waals surface area (Å²) in [5, 5.41) is 0.260. The number of aromatic nitrogens is 3. The van der Waals surface area contributed by atoms with Crippen LogP contribution in [0.5, 0.6) is 17.2 Å². The number of fused-ring (bicyclic) bond motifs is 2. The minimum atomic E-state index is -1.46. The predicted molar refractivity (Wildman–Crippen MR) is 115 cm³/mol. The average molecular weight is 482 g/mol. The number of rotatable bonds is 6. The maximum atomic E-state index is 13.0. The summed E-state index contributed by atoms with van der Waals surface area (Å²) in [4.78, 5) is 13.2. The van der Waals surface area contributed by atoms with Crippen molar-refractivity contribution in [1.29, 1.82) is 0 Å². The van der Waals surface area contributed by atoms with Gasteiger partial charge in [0.2, 0.25) is 6.79 Å². The molecule has 11 heteroatoms. The Kier molecular flexibility index (Phi) is 7.32. The molecule has 9 nitrogen and oxygen atoms in total. The molecule has 4 heterocycles. The zero-order valence-electron chi connectivity index (χ0n) is 19.1. The molecular weight excluding hydrogens is 457 g/mol. The normalized spacial score (nSPS) is 18.2. The van der Waals surface area contributed by atoms with Gasteiger partial charge in [0.15, 0.2) is 17.3 Å². The van der Waals surface area contributed by atoms with Gasteiger partial charge in [0.1, 0.15) is 5.75 Å². The van der Waals surface area contributed by atoms with E-state index in [4.69, 9.17) is 23.7 Å². The molecule has 0 saturated carbocycles. The first-order valence-corrected chi connectivity index (χ1v) is 11.7. The topological polar surface area (TPSA) is 103 Å². The van der Waals surface area contributed by atoms with E-state index in [0.29, 0.717) is 53.8 Å². The molecule has 170 valence electrons. The molecule has 33 heavy (non-hydrogen) atoms. The van der Waals surface area contributed by atoms with Crippen LogP contribution >= 0.6 is 0 Å². The van der Waals surface area contributed by atoms with Crippen molar-refractivity contribution in [2.75, 3.05) is 26.6 Å². The zero-order valence-corrected chi connectivity index (χ0v) is 21.9. The summed E-state index contributed by atoms with van der Waals surface area (Å²) >= 11 is 0. The van der Waals surface area contributed by atoms with Gasteiger partial charge in [-0.3, -0.25) is 9.19 Å². The van der Waals surface area contributed by atoms with Crippen LogP contribution in [-0.4, -0.2) is 46.6 Å². The Morgan fingerprint density at radius 1 is 1.21 bits per heavy atom. The number of imidazole rings is 1. The number of nitrogens with zero attached hydrogens (tertiary/aromatic N) is 3. The molecule has 1 atom stereocenters. The second-order valence-electron chi connectivity index (χ2n) is 8.27.